The van der Waals surface area contributed by atoms with Crippen LogP contribution in [0.4, 0.5) is 0 Å². The van der Waals surface area contributed by atoms with E-state index in [2.05, 4.69) is 11.1 Å². The second kappa shape index (κ2) is 7.61. The summed E-state index contributed by atoms with van der Waals surface area (Å²) in [5.41, 5.74) is 1.93. The number of nitrogens with zero attached hydrogens (tertiary/aromatic N) is 3. The molecule has 0 spiro atoms. The molecule has 94 valence electrons. The van der Waals surface area contributed by atoms with Crippen LogP contribution in [-0.4, -0.2) is 29.1 Å². The molecule has 1 atom stereocenters. The number of amides is 1. The number of carbonyl (C=O) groups is 1. The molecule has 0 aliphatic heterocycles. The maximum Gasteiger partial charge on any atom is 0.220 e. The van der Waals surface area contributed by atoms with Crippen molar-refractivity contribution in [1.82, 2.24) is 4.90 Å². The highest BCUT2D eigenvalue weighted by molar-refractivity contribution is 5.83. The van der Waals surface area contributed by atoms with Gasteiger partial charge in [0.2, 0.25) is 5.91 Å². The standard InChI is InChI=1S/C13H21N3O/c1-6-10(2)15-11(3)7-8-16(13(5)17)12(4)9-14/h6,12H,7-8H2,1-5H3/b10-6+,15-11?. The van der Waals surface area contributed by atoms with Gasteiger partial charge in [0.05, 0.1) is 6.07 Å². The summed E-state index contributed by atoms with van der Waals surface area (Å²) in [4.78, 5) is 17.3. The van der Waals surface area contributed by atoms with E-state index in [1.54, 1.807) is 11.8 Å². The fourth-order valence-corrected chi connectivity index (χ4v) is 1.40. The van der Waals surface area contributed by atoms with Crippen molar-refractivity contribution in [3.63, 3.8) is 0 Å². The van der Waals surface area contributed by atoms with E-state index in [-0.39, 0.29) is 11.9 Å². The van der Waals surface area contributed by atoms with Crippen LogP contribution in [-0.2, 0) is 4.79 Å². The molecular weight excluding hydrogens is 214 g/mol. The Bertz CT molecular complexity index is 363. The number of aliphatic imine (C=N–C) groups is 1. The predicted octanol–water partition coefficient (Wildman–Crippen LogP) is 2.52. The maximum absolute atomic E-state index is 11.4. The predicted molar refractivity (Wildman–Crippen MR) is 69.6 cm³/mol. The van der Waals surface area contributed by atoms with Gasteiger partial charge >= 0.3 is 0 Å². The Hall–Kier alpha value is -1.63. The van der Waals surface area contributed by atoms with E-state index >= 15 is 0 Å². The molecule has 0 saturated heterocycles. The van der Waals surface area contributed by atoms with Gasteiger partial charge in [-0.1, -0.05) is 6.08 Å². The molecule has 1 amide bonds. The van der Waals surface area contributed by atoms with Crippen molar-refractivity contribution in [1.29, 1.82) is 5.26 Å². The Morgan fingerprint density at radius 1 is 1.47 bits per heavy atom. The third-order valence-electron chi connectivity index (χ3n) is 2.56. The minimum atomic E-state index is -0.386. The molecule has 0 rings (SSSR count). The van der Waals surface area contributed by atoms with E-state index in [0.29, 0.717) is 13.0 Å². The first-order chi connectivity index (χ1) is 7.92. The SMILES string of the molecule is C/C=C(\C)N=C(C)CCN(C(C)=O)C(C)C#N. The van der Waals surface area contributed by atoms with Crippen LogP contribution in [0.5, 0.6) is 0 Å². The summed E-state index contributed by atoms with van der Waals surface area (Å²) in [5.74, 6) is -0.0744. The lowest BCUT2D eigenvalue weighted by molar-refractivity contribution is -0.129. The van der Waals surface area contributed by atoms with Crippen LogP contribution in [0.1, 0.15) is 41.0 Å². The summed E-state index contributed by atoms with van der Waals surface area (Å²) in [6, 6.07) is 1.69. The smallest absolute Gasteiger partial charge is 0.220 e. The van der Waals surface area contributed by atoms with Crippen LogP contribution >= 0.6 is 0 Å². The van der Waals surface area contributed by atoms with E-state index in [0.717, 1.165) is 11.4 Å². The van der Waals surface area contributed by atoms with Gasteiger partial charge in [0.1, 0.15) is 6.04 Å². The third kappa shape index (κ3) is 5.86. The highest BCUT2D eigenvalue weighted by atomic mass is 16.2. The Kier molecular flexibility index (Phi) is 6.88. The van der Waals surface area contributed by atoms with E-state index < -0.39 is 0 Å². The van der Waals surface area contributed by atoms with E-state index in [1.165, 1.54) is 6.92 Å². The van der Waals surface area contributed by atoms with Crippen molar-refractivity contribution in [2.24, 2.45) is 4.99 Å². The molecule has 0 aliphatic rings. The van der Waals surface area contributed by atoms with Crippen LogP contribution in [0, 0.1) is 11.3 Å². The highest BCUT2D eigenvalue weighted by Crippen LogP contribution is 2.03. The largest absolute Gasteiger partial charge is 0.327 e. The second-order valence-electron chi connectivity index (χ2n) is 4.04. The Morgan fingerprint density at radius 2 is 2.06 bits per heavy atom. The van der Waals surface area contributed by atoms with Crippen molar-refractivity contribution >= 4 is 11.6 Å². The van der Waals surface area contributed by atoms with Gasteiger partial charge in [0.25, 0.3) is 0 Å². The molecule has 17 heavy (non-hydrogen) atoms. The van der Waals surface area contributed by atoms with Crippen molar-refractivity contribution in [3.05, 3.63) is 11.8 Å². The number of nitriles is 1. The third-order valence-corrected chi connectivity index (χ3v) is 2.56. The van der Waals surface area contributed by atoms with Crippen LogP contribution in [0.3, 0.4) is 0 Å². The fraction of sp³-hybridized carbons (Fsp3) is 0.615. The van der Waals surface area contributed by atoms with Gasteiger partial charge in [-0.05, 0) is 27.7 Å². The summed E-state index contributed by atoms with van der Waals surface area (Å²) in [5, 5.41) is 8.82. The molecule has 0 saturated carbocycles. The monoisotopic (exact) mass is 235 g/mol. The van der Waals surface area contributed by atoms with Crippen molar-refractivity contribution < 1.29 is 4.79 Å². The lowest BCUT2D eigenvalue weighted by Crippen LogP contribution is -2.37. The average Bonchev–Trinajstić information content (AvgIpc) is 2.28. The Labute approximate surface area is 104 Å². The molecule has 0 fully saturated rings. The molecule has 0 aromatic heterocycles. The molecule has 0 radical (unpaired) electrons. The lowest BCUT2D eigenvalue weighted by Gasteiger charge is -2.23. The first-order valence-electron chi connectivity index (χ1n) is 5.76. The van der Waals surface area contributed by atoms with Crippen molar-refractivity contribution in [2.45, 2.75) is 47.1 Å². The molecular formula is C13H21N3O. The minimum Gasteiger partial charge on any atom is -0.327 e. The van der Waals surface area contributed by atoms with Crippen LogP contribution in [0.2, 0.25) is 0 Å². The first-order valence-corrected chi connectivity index (χ1v) is 5.76. The lowest BCUT2D eigenvalue weighted by atomic mass is 10.2. The summed E-state index contributed by atoms with van der Waals surface area (Å²) in [6.45, 7) is 9.55. The Balaban J connectivity index is 4.48. The molecule has 4 nitrogen and oxygen atoms in total. The van der Waals surface area contributed by atoms with Crippen molar-refractivity contribution in [2.75, 3.05) is 6.54 Å². The van der Waals surface area contributed by atoms with Gasteiger partial charge in [0.15, 0.2) is 0 Å². The van der Waals surface area contributed by atoms with E-state index in [1.807, 2.05) is 26.8 Å². The van der Waals surface area contributed by atoms with Gasteiger partial charge in [-0.3, -0.25) is 9.79 Å². The molecule has 0 aromatic carbocycles. The summed E-state index contributed by atoms with van der Waals surface area (Å²) >= 11 is 0. The zero-order chi connectivity index (χ0) is 13.4. The molecule has 0 heterocycles. The zero-order valence-electron chi connectivity index (χ0n) is 11.3. The highest BCUT2D eigenvalue weighted by Gasteiger charge is 2.15. The second-order valence-corrected chi connectivity index (χ2v) is 4.04. The molecule has 0 bridgehead atoms. The van der Waals surface area contributed by atoms with Crippen LogP contribution in [0.25, 0.3) is 0 Å². The quantitative estimate of drug-likeness (QED) is 0.687. The molecule has 0 N–H and O–H groups in total. The Morgan fingerprint density at radius 3 is 2.47 bits per heavy atom. The number of allylic oxidation sites excluding steroid dienone is 2. The van der Waals surface area contributed by atoms with Crippen LogP contribution in [0.15, 0.2) is 16.8 Å². The molecule has 0 aromatic rings. The zero-order valence-corrected chi connectivity index (χ0v) is 11.3. The fourth-order valence-electron chi connectivity index (χ4n) is 1.40. The van der Waals surface area contributed by atoms with E-state index in [4.69, 9.17) is 5.26 Å². The number of rotatable bonds is 5. The van der Waals surface area contributed by atoms with Gasteiger partial charge < -0.3 is 4.90 Å². The topological polar surface area (TPSA) is 56.5 Å². The molecule has 0 aliphatic carbocycles. The number of hydrogen-bond acceptors (Lipinski definition) is 3. The number of hydrogen-bond donors (Lipinski definition) is 0. The van der Waals surface area contributed by atoms with Gasteiger partial charge in [-0.15, -0.1) is 0 Å². The van der Waals surface area contributed by atoms with Crippen molar-refractivity contribution in [3.8, 4) is 6.07 Å². The minimum absolute atomic E-state index is 0.0744. The summed E-state index contributed by atoms with van der Waals surface area (Å²) in [7, 11) is 0. The molecule has 1 unspecified atom stereocenters. The van der Waals surface area contributed by atoms with Gasteiger partial charge in [-0.25, -0.2) is 0 Å². The summed E-state index contributed by atoms with van der Waals surface area (Å²) < 4.78 is 0. The van der Waals surface area contributed by atoms with Gasteiger partial charge in [-0.2, -0.15) is 5.26 Å². The van der Waals surface area contributed by atoms with Crippen LogP contribution < -0.4 is 0 Å². The number of carbonyl (C=O) groups excluding carboxylic acids is 1. The summed E-state index contributed by atoms with van der Waals surface area (Å²) in [6.07, 6.45) is 2.63. The van der Waals surface area contributed by atoms with E-state index in [9.17, 15) is 4.79 Å². The normalized spacial score (nSPS) is 14.1. The van der Waals surface area contributed by atoms with Gasteiger partial charge in [0, 0.05) is 31.3 Å². The maximum atomic E-state index is 11.4. The molecule has 4 heteroatoms. The average molecular weight is 235 g/mol. The first kappa shape index (κ1) is 15.4.